The van der Waals surface area contributed by atoms with Gasteiger partial charge in [-0.05, 0) is 43.2 Å². The first-order valence-corrected chi connectivity index (χ1v) is 7.52. The summed E-state index contributed by atoms with van der Waals surface area (Å²) in [7, 11) is 0. The van der Waals surface area contributed by atoms with Gasteiger partial charge in [0.15, 0.2) is 0 Å². The third-order valence-corrected chi connectivity index (χ3v) is 4.37. The Kier molecular flexibility index (Phi) is 4.66. The van der Waals surface area contributed by atoms with Crippen LogP contribution < -0.4 is 5.32 Å². The van der Waals surface area contributed by atoms with Crippen LogP contribution in [0, 0.1) is 5.92 Å². The summed E-state index contributed by atoms with van der Waals surface area (Å²) in [5.41, 5.74) is 1.86. The van der Waals surface area contributed by atoms with Crippen molar-refractivity contribution in [1.82, 2.24) is 5.32 Å². The van der Waals surface area contributed by atoms with Gasteiger partial charge in [-0.1, -0.05) is 31.2 Å². The Morgan fingerprint density at radius 2 is 2.10 bits per heavy atom. The zero-order valence-corrected chi connectivity index (χ0v) is 12.7. The monoisotopic (exact) mass is 289 g/mol. The lowest BCUT2D eigenvalue weighted by molar-refractivity contribution is -0.138. The first-order chi connectivity index (χ1) is 9.93. The zero-order valence-electron chi connectivity index (χ0n) is 12.7. The predicted octanol–water partition coefficient (Wildman–Crippen LogP) is 2.51. The van der Waals surface area contributed by atoms with E-state index in [-0.39, 0.29) is 18.2 Å². The zero-order chi connectivity index (χ0) is 15.5. The second-order valence-corrected chi connectivity index (χ2v) is 6.26. The number of benzene rings is 1. The van der Waals surface area contributed by atoms with E-state index >= 15 is 0 Å². The van der Waals surface area contributed by atoms with Gasteiger partial charge in [-0.2, -0.15) is 0 Å². The molecule has 0 aliphatic heterocycles. The number of rotatable bonds is 5. The number of carbonyl (C=O) groups excluding carboxylic acids is 1. The molecule has 21 heavy (non-hydrogen) atoms. The highest BCUT2D eigenvalue weighted by Gasteiger charge is 2.38. The average Bonchev–Trinajstić information content (AvgIpc) is 2.44. The minimum absolute atomic E-state index is 0.00638. The molecular formula is C17H23NO3. The number of hydrogen-bond donors (Lipinski definition) is 2. The fraction of sp³-hybridized carbons (Fsp3) is 0.529. The SMILES string of the molecule is CC(CNC(=O)C1(C)CCCc2ccccc21)CC(=O)O. The Balaban J connectivity index is 2.07. The van der Waals surface area contributed by atoms with Gasteiger partial charge in [0, 0.05) is 13.0 Å². The second kappa shape index (κ2) is 6.29. The van der Waals surface area contributed by atoms with E-state index in [0.29, 0.717) is 6.54 Å². The molecule has 2 rings (SSSR count). The lowest BCUT2D eigenvalue weighted by atomic mass is 9.70. The lowest BCUT2D eigenvalue weighted by Gasteiger charge is -2.35. The maximum atomic E-state index is 12.6. The van der Waals surface area contributed by atoms with Crippen LogP contribution in [0.1, 0.15) is 44.2 Å². The molecule has 1 aromatic carbocycles. The van der Waals surface area contributed by atoms with E-state index in [9.17, 15) is 9.59 Å². The normalized spacial score (nSPS) is 22.2. The van der Waals surface area contributed by atoms with E-state index in [4.69, 9.17) is 5.11 Å². The van der Waals surface area contributed by atoms with Gasteiger partial charge in [0.05, 0.1) is 5.41 Å². The molecule has 1 aliphatic carbocycles. The van der Waals surface area contributed by atoms with Crippen LogP contribution in [-0.4, -0.2) is 23.5 Å². The smallest absolute Gasteiger partial charge is 0.303 e. The fourth-order valence-electron chi connectivity index (χ4n) is 3.11. The largest absolute Gasteiger partial charge is 0.481 e. The van der Waals surface area contributed by atoms with Crippen molar-refractivity contribution in [2.75, 3.05) is 6.54 Å². The Bertz CT molecular complexity index is 541. The number of hydrogen-bond acceptors (Lipinski definition) is 2. The summed E-state index contributed by atoms with van der Waals surface area (Å²) >= 11 is 0. The molecule has 4 nitrogen and oxygen atoms in total. The van der Waals surface area contributed by atoms with Crippen LogP contribution in [0.15, 0.2) is 24.3 Å². The van der Waals surface area contributed by atoms with Crippen LogP contribution in [0.2, 0.25) is 0 Å². The summed E-state index contributed by atoms with van der Waals surface area (Å²) in [5, 5.41) is 11.7. The van der Waals surface area contributed by atoms with Gasteiger partial charge in [0.1, 0.15) is 0 Å². The van der Waals surface area contributed by atoms with Crippen LogP contribution in [0.25, 0.3) is 0 Å². The topological polar surface area (TPSA) is 66.4 Å². The molecule has 0 bridgehead atoms. The second-order valence-electron chi connectivity index (χ2n) is 6.26. The molecule has 4 heteroatoms. The quantitative estimate of drug-likeness (QED) is 0.875. The number of aliphatic carboxylic acids is 1. The average molecular weight is 289 g/mol. The summed E-state index contributed by atoms with van der Waals surface area (Å²) in [6.07, 6.45) is 2.94. The minimum atomic E-state index is -0.828. The fourth-order valence-corrected chi connectivity index (χ4v) is 3.11. The van der Waals surface area contributed by atoms with Gasteiger partial charge < -0.3 is 10.4 Å². The molecule has 114 valence electrons. The summed E-state index contributed by atoms with van der Waals surface area (Å²) in [6, 6.07) is 8.11. The van der Waals surface area contributed by atoms with E-state index in [1.165, 1.54) is 5.56 Å². The molecule has 0 fully saturated rings. The van der Waals surface area contributed by atoms with Gasteiger partial charge in [0.25, 0.3) is 0 Å². The van der Waals surface area contributed by atoms with Crippen LogP contribution in [-0.2, 0) is 21.4 Å². The van der Waals surface area contributed by atoms with Gasteiger partial charge in [0.2, 0.25) is 5.91 Å². The highest BCUT2D eigenvalue weighted by molar-refractivity contribution is 5.88. The van der Waals surface area contributed by atoms with Gasteiger partial charge in [-0.25, -0.2) is 0 Å². The van der Waals surface area contributed by atoms with Crippen molar-refractivity contribution in [2.45, 2.75) is 44.9 Å². The third kappa shape index (κ3) is 3.43. The number of nitrogens with one attached hydrogen (secondary N) is 1. The molecular weight excluding hydrogens is 266 g/mol. The van der Waals surface area contributed by atoms with Crippen molar-refractivity contribution < 1.29 is 14.7 Å². The molecule has 2 unspecified atom stereocenters. The number of carboxylic acid groups (broad SMARTS) is 1. The standard InChI is InChI=1S/C17H23NO3/c1-12(10-15(19)20)11-18-16(21)17(2)9-5-7-13-6-3-4-8-14(13)17/h3-4,6,8,12H,5,7,9-11H2,1-2H3,(H,18,21)(H,19,20). The summed E-state index contributed by atoms with van der Waals surface area (Å²) in [4.78, 5) is 23.3. The number of carbonyl (C=O) groups is 2. The van der Waals surface area contributed by atoms with Crippen molar-refractivity contribution >= 4 is 11.9 Å². The lowest BCUT2D eigenvalue weighted by Crippen LogP contribution is -2.45. The molecule has 1 aliphatic rings. The number of amides is 1. The first-order valence-electron chi connectivity index (χ1n) is 7.52. The molecule has 0 saturated heterocycles. The Morgan fingerprint density at radius 3 is 2.81 bits per heavy atom. The van der Waals surface area contributed by atoms with Gasteiger partial charge in [-0.3, -0.25) is 9.59 Å². The Hall–Kier alpha value is -1.84. The Labute approximate surface area is 125 Å². The minimum Gasteiger partial charge on any atom is -0.481 e. The number of fused-ring (bicyclic) bond motifs is 1. The molecule has 1 aromatic rings. The molecule has 1 amide bonds. The van der Waals surface area contributed by atoms with Gasteiger partial charge in [-0.15, -0.1) is 0 Å². The van der Waals surface area contributed by atoms with Crippen molar-refractivity contribution in [2.24, 2.45) is 5.92 Å². The van der Waals surface area contributed by atoms with Gasteiger partial charge >= 0.3 is 5.97 Å². The molecule has 2 N–H and O–H groups in total. The first kappa shape index (κ1) is 15.5. The van der Waals surface area contributed by atoms with E-state index in [1.54, 1.807) is 0 Å². The van der Waals surface area contributed by atoms with Crippen molar-refractivity contribution in [1.29, 1.82) is 0 Å². The van der Waals surface area contributed by atoms with E-state index in [0.717, 1.165) is 24.8 Å². The van der Waals surface area contributed by atoms with Crippen LogP contribution >= 0.6 is 0 Å². The van der Waals surface area contributed by atoms with E-state index in [2.05, 4.69) is 11.4 Å². The highest BCUT2D eigenvalue weighted by Crippen LogP contribution is 2.37. The highest BCUT2D eigenvalue weighted by atomic mass is 16.4. The van der Waals surface area contributed by atoms with Crippen LogP contribution in [0.4, 0.5) is 0 Å². The van der Waals surface area contributed by atoms with Crippen LogP contribution in [0.5, 0.6) is 0 Å². The summed E-state index contributed by atoms with van der Waals surface area (Å²) in [5.74, 6) is -0.883. The predicted molar refractivity (Wildman–Crippen MR) is 81.2 cm³/mol. The van der Waals surface area contributed by atoms with E-state index < -0.39 is 11.4 Å². The van der Waals surface area contributed by atoms with Crippen molar-refractivity contribution in [3.8, 4) is 0 Å². The number of carboxylic acids is 1. The third-order valence-electron chi connectivity index (χ3n) is 4.37. The molecule has 0 saturated carbocycles. The van der Waals surface area contributed by atoms with Crippen molar-refractivity contribution in [3.63, 3.8) is 0 Å². The van der Waals surface area contributed by atoms with E-state index in [1.807, 2.05) is 32.0 Å². The molecule has 0 heterocycles. The summed E-state index contributed by atoms with van der Waals surface area (Å²) < 4.78 is 0. The molecule has 0 radical (unpaired) electrons. The van der Waals surface area contributed by atoms with Crippen LogP contribution in [0.3, 0.4) is 0 Å². The molecule has 2 atom stereocenters. The molecule has 0 spiro atoms. The van der Waals surface area contributed by atoms with Crippen molar-refractivity contribution in [3.05, 3.63) is 35.4 Å². The number of aryl methyl sites for hydroxylation is 1. The maximum absolute atomic E-state index is 12.6. The summed E-state index contributed by atoms with van der Waals surface area (Å²) in [6.45, 7) is 4.23. The maximum Gasteiger partial charge on any atom is 0.303 e. The Morgan fingerprint density at radius 1 is 1.38 bits per heavy atom. The molecule has 0 aromatic heterocycles.